The summed E-state index contributed by atoms with van der Waals surface area (Å²) in [5.41, 5.74) is 3.22. The van der Waals surface area contributed by atoms with Gasteiger partial charge in [-0.25, -0.2) is 0 Å². The lowest BCUT2D eigenvalue weighted by Crippen LogP contribution is -2.28. The van der Waals surface area contributed by atoms with Crippen LogP contribution in [0.2, 0.25) is 0 Å². The first-order valence-electron chi connectivity index (χ1n) is 6.60. The van der Waals surface area contributed by atoms with Crippen LogP contribution >= 0.6 is 0 Å². The van der Waals surface area contributed by atoms with Crippen LogP contribution in [0, 0.1) is 12.8 Å². The zero-order valence-corrected chi connectivity index (χ0v) is 10.4. The molecule has 2 saturated carbocycles. The van der Waals surface area contributed by atoms with Gasteiger partial charge in [-0.1, -0.05) is 0 Å². The Morgan fingerprint density at radius 3 is 2.59 bits per heavy atom. The number of benzene rings is 1. The normalized spacial score (nSPS) is 19.1. The van der Waals surface area contributed by atoms with Crippen molar-refractivity contribution < 1.29 is 4.79 Å². The topological polar surface area (TPSA) is 20.3 Å². The molecule has 0 radical (unpaired) electrons. The van der Waals surface area contributed by atoms with Crippen molar-refractivity contribution in [3.05, 3.63) is 29.3 Å². The summed E-state index contributed by atoms with van der Waals surface area (Å²) in [6, 6.07) is 7.00. The highest BCUT2D eigenvalue weighted by atomic mass is 16.1. The Morgan fingerprint density at radius 1 is 1.29 bits per heavy atom. The Bertz CT molecular complexity index is 433. The highest BCUT2D eigenvalue weighted by molar-refractivity contribution is 5.78. The Hall–Kier alpha value is -1.31. The average molecular weight is 229 g/mol. The quantitative estimate of drug-likeness (QED) is 0.723. The summed E-state index contributed by atoms with van der Waals surface area (Å²) in [5.74, 6) is 0.918. The maximum atomic E-state index is 10.8. The highest BCUT2D eigenvalue weighted by Gasteiger charge is 2.33. The van der Waals surface area contributed by atoms with Crippen molar-refractivity contribution in [2.75, 3.05) is 11.4 Å². The number of hydrogen-bond donors (Lipinski definition) is 0. The largest absolute Gasteiger partial charge is 0.368 e. The van der Waals surface area contributed by atoms with Crippen LogP contribution in [0.3, 0.4) is 0 Å². The van der Waals surface area contributed by atoms with E-state index in [0.29, 0.717) is 0 Å². The van der Waals surface area contributed by atoms with E-state index in [1.165, 1.54) is 37.9 Å². The average Bonchev–Trinajstić information content (AvgIpc) is 3.17. The minimum atomic E-state index is 0.761. The molecule has 0 amide bonds. The number of carbonyl (C=O) groups excluding carboxylic acids is 1. The molecule has 17 heavy (non-hydrogen) atoms. The molecule has 2 aliphatic rings. The molecule has 0 bridgehead atoms. The van der Waals surface area contributed by atoms with E-state index in [1.54, 1.807) is 0 Å². The first-order chi connectivity index (χ1) is 8.28. The van der Waals surface area contributed by atoms with Gasteiger partial charge < -0.3 is 4.90 Å². The Morgan fingerprint density at radius 2 is 2.06 bits per heavy atom. The molecular formula is C15H19NO. The van der Waals surface area contributed by atoms with Gasteiger partial charge in [0.05, 0.1) is 0 Å². The maximum absolute atomic E-state index is 10.8. The van der Waals surface area contributed by atoms with E-state index in [9.17, 15) is 4.79 Å². The van der Waals surface area contributed by atoms with Crippen molar-refractivity contribution in [2.45, 2.75) is 38.6 Å². The maximum Gasteiger partial charge on any atom is 0.150 e. The van der Waals surface area contributed by atoms with Crippen molar-refractivity contribution in [1.29, 1.82) is 0 Å². The van der Waals surface area contributed by atoms with Gasteiger partial charge >= 0.3 is 0 Å². The number of aldehydes is 1. The van der Waals surface area contributed by atoms with Gasteiger partial charge in [-0.05, 0) is 62.3 Å². The molecule has 0 spiro atoms. The third-order valence-electron chi connectivity index (χ3n) is 3.85. The summed E-state index contributed by atoms with van der Waals surface area (Å²) in [6.45, 7) is 3.24. The van der Waals surface area contributed by atoms with Crippen LogP contribution < -0.4 is 4.90 Å². The molecule has 2 heteroatoms. The SMILES string of the molecule is Cc1cc(N(CC2CC2)C2CC2)ccc1C=O. The second-order valence-electron chi connectivity index (χ2n) is 5.49. The zero-order chi connectivity index (χ0) is 11.8. The number of carbonyl (C=O) groups is 1. The molecule has 2 fully saturated rings. The molecule has 0 aromatic heterocycles. The molecule has 90 valence electrons. The van der Waals surface area contributed by atoms with Crippen LogP contribution in [0.1, 0.15) is 41.6 Å². The van der Waals surface area contributed by atoms with Crippen molar-refractivity contribution in [1.82, 2.24) is 0 Å². The molecule has 0 atom stereocenters. The molecule has 1 aromatic rings. The van der Waals surface area contributed by atoms with Gasteiger partial charge in [0.15, 0.2) is 0 Å². The molecule has 3 rings (SSSR count). The molecule has 0 N–H and O–H groups in total. The molecule has 0 heterocycles. The van der Waals surface area contributed by atoms with Crippen LogP contribution in [0.5, 0.6) is 0 Å². The molecular weight excluding hydrogens is 210 g/mol. The van der Waals surface area contributed by atoms with Crippen LogP contribution in [0.4, 0.5) is 5.69 Å². The number of aryl methyl sites for hydroxylation is 1. The molecule has 1 aromatic carbocycles. The predicted molar refractivity (Wildman–Crippen MR) is 69.7 cm³/mol. The van der Waals surface area contributed by atoms with E-state index in [1.807, 2.05) is 13.0 Å². The lowest BCUT2D eigenvalue weighted by atomic mass is 10.1. The molecule has 0 unspecified atom stereocenters. The molecule has 0 saturated heterocycles. The minimum Gasteiger partial charge on any atom is -0.368 e. The summed E-state index contributed by atoms with van der Waals surface area (Å²) in [7, 11) is 0. The first kappa shape index (κ1) is 10.8. The van der Waals surface area contributed by atoms with Gasteiger partial charge in [-0.3, -0.25) is 4.79 Å². The highest BCUT2D eigenvalue weighted by Crippen LogP contribution is 2.37. The van der Waals surface area contributed by atoms with Gasteiger partial charge in [-0.15, -0.1) is 0 Å². The zero-order valence-electron chi connectivity index (χ0n) is 10.4. The summed E-state index contributed by atoms with van der Waals surface area (Å²) < 4.78 is 0. The summed E-state index contributed by atoms with van der Waals surface area (Å²) in [4.78, 5) is 13.4. The summed E-state index contributed by atoms with van der Waals surface area (Å²) >= 11 is 0. The molecule has 2 aliphatic carbocycles. The fraction of sp³-hybridized carbons (Fsp3) is 0.533. The van der Waals surface area contributed by atoms with Crippen molar-refractivity contribution >= 4 is 12.0 Å². The monoisotopic (exact) mass is 229 g/mol. The van der Waals surface area contributed by atoms with E-state index in [0.717, 1.165) is 29.4 Å². The third-order valence-corrected chi connectivity index (χ3v) is 3.85. The number of nitrogens with zero attached hydrogens (tertiary/aromatic N) is 1. The standard InChI is InChI=1S/C15H19NO/c1-11-8-15(5-4-13(11)10-17)16(14-6-7-14)9-12-2-3-12/h4-5,8,10,12,14H,2-3,6-7,9H2,1H3. The Kier molecular flexibility index (Phi) is 2.65. The lowest BCUT2D eigenvalue weighted by Gasteiger charge is -2.25. The Balaban J connectivity index is 1.83. The van der Waals surface area contributed by atoms with Crippen LogP contribution in [0.15, 0.2) is 18.2 Å². The minimum absolute atomic E-state index is 0.761. The number of hydrogen-bond acceptors (Lipinski definition) is 2. The van der Waals surface area contributed by atoms with Crippen LogP contribution in [0.25, 0.3) is 0 Å². The second kappa shape index (κ2) is 4.17. The van der Waals surface area contributed by atoms with E-state index in [4.69, 9.17) is 0 Å². The lowest BCUT2D eigenvalue weighted by molar-refractivity contribution is 0.112. The van der Waals surface area contributed by atoms with Crippen molar-refractivity contribution in [2.24, 2.45) is 5.92 Å². The summed E-state index contributed by atoms with van der Waals surface area (Å²) in [6.07, 6.45) is 6.41. The van der Waals surface area contributed by atoms with E-state index >= 15 is 0 Å². The van der Waals surface area contributed by atoms with Gasteiger partial charge in [-0.2, -0.15) is 0 Å². The number of anilines is 1. The van der Waals surface area contributed by atoms with E-state index in [2.05, 4.69) is 17.0 Å². The van der Waals surface area contributed by atoms with Gasteiger partial charge in [0.1, 0.15) is 6.29 Å². The predicted octanol–water partition coefficient (Wildman–Crippen LogP) is 3.19. The fourth-order valence-electron chi connectivity index (χ4n) is 2.40. The molecule has 0 aliphatic heterocycles. The van der Waals surface area contributed by atoms with Crippen molar-refractivity contribution in [3.8, 4) is 0 Å². The van der Waals surface area contributed by atoms with Gasteiger partial charge in [0.25, 0.3) is 0 Å². The van der Waals surface area contributed by atoms with Crippen LogP contribution in [-0.4, -0.2) is 18.9 Å². The third kappa shape index (κ3) is 2.36. The summed E-state index contributed by atoms with van der Waals surface area (Å²) in [5, 5.41) is 0. The van der Waals surface area contributed by atoms with E-state index < -0.39 is 0 Å². The van der Waals surface area contributed by atoms with Crippen molar-refractivity contribution in [3.63, 3.8) is 0 Å². The van der Waals surface area contributed by atoms with Gasteiger partial charge in [0.2, 0.25) is 0 Å². The van der Waals surface area contributed by atoms with Crippen LogP contribution in [-0.2, 0) is 0 Å². The molecule has 2 nitrogen and oxygen atoms in total. The number of rotatable bonds is 5. The Labute approximate surface area is 103 Å². The first-order valence-corrected chi connectivity index (χ1v) is 6.60. The fourth-order valence-corrected chi connectivity index (χ4v) is 2.40. The van der Waals surface area contributed by atoms with Gasteiger partial charge in [0, 0.05) is 23.8 Å². The second-order valence-corrected chi connectivity index (χ2v) is 5.49. The smallest absolute Gasteiger partial charge is 0.150 e. The van der Waals surface area contributed by atoms with E-state index in [-0.39, 0.29) is 0 Å².